The van der Waals surface area contributed by atoms with E-state index in [0.717, 1.165) is 0 Å². The SMILES string of the molecule is Cl.OC[C@H](O)[C@@H]1NC[C@@H](O)[C@H]1O. The summed E-state index contributed by atoms with van der Waals surface area (Å²) in [5, 5.41) is 38.5. The molecular formula is C6H14ClNO4. The molecule has 0 spiro atoms. The third-order valence-corrected chi connectivity index (χ3v) is 1.93. The number of aliphatic hydroxyl groups is 4. The first-order valence-corrected chi connectivity index (χ1v) is 3.55. The first-order valence-electron chi connectivity index (χ1n) is 3.55. The quantitative estimate of drug-likeness (QED) is 0.338. The molecule has 0 bridgehead atoms. The van der Waals surface area contributed by atoms with Gasteiger partial charge in [0, 0.05) is 6.54 Å². The molecule has 0 saturated carbocycles. The van der Waals surface area contributed by atoms with E-state index in [9.17, 15) is 5.11 Å². The fourth-order valence-electron chi connectivity index (χ4n) is 1.21. The van der Waals surface area contributed by atoms with E-state index in [0.29, 0.717) is 0 Å². The zero-order chi connectivity index (χ0) is 8.43. The van der Waals surface area contributed by atoms with E-state index in [-0.39, 0.29) is 19.0 Å². The molecule has 0 aromatic heterocycles. The fraction of sp³-hybridized carbons (Fsp3) is 1.00. The van der Waals surface area contributed by atoms with Gasteiger partial charge >= 0.3 is 0 Å². The van der Waals surface area contributed by atoms with Crippen molar-refractivity contribution in [2.75, 3.05) is 13.2 Å². The Kier molecular flexibility index (Phi) is 5.00. The van der Waals surface area contributed by atoms with Gasteiger partial charge in [0.15, 0.2) is 0 Å². The summed E-state index contributed by atoms with van der Waals surface area (Å²) in [5.74, 6) is 0. The van der Waals surface area contributed by atoms with Crippen molar-refractivity contribution in [2.45, 2.75) is 24.4 Å². The highest BCUT2D eigenvalue weighted by atomic mass is 35.5. The van der Waals surface area contributed by atoms with Gasteiger partial charge in [0.2, 0.25) is 0 Å². The number of β-amino-alcohol motifs (C(OH)–C–C–N with tert-alkyl or cyclic N) is 1. The number of aliphatic hydroxyl groups excluding tert-OH is 4. The Hall–Kier alpha value is 0.0900. The number of hydrogen-bond acceptors (Lipinski definition) is 5. The fourth-order valence-corrected chi connectivity index (χ4v) is 1.21. The van der Waals surface area contributed by atoms with Crippen LogP contribution in [0.1, 0.15) is 0 Å². The highest BCUT2D eigenvalue weighted by molar-refractivity contribution is 5.85. The largest absolute Gasteiger partial charge is 0.394 e. The second-order valence-corrected chi connectivity index (χ2v) is 2.74. The summed E-state index contributed by atoms with van der Waals surface area (Å²) in [6.45, 7) is -0.162. The molecule has 1 saturated heterocycles. The first-order chi connectivity index (χ1) is 5.16. The molecule has 1 aliphatic heterocycles. The number of halogens is 1. The van der Waals surface area contributed by atoms with E-state index in [1.54, 1.807) is 0 Å². The van der Waals surface area contributed by atoms with Crippen molar-refractivity contribution in [3.63, 3.8) is 0 Å². The molecule has 0 amide bonds. The van der Waals surface area contributed by atoms with Crippen molar-refractivity contribution in [3.8, 4) is 0 Å². The summed E-state index contributed by atoms with van der Waals surface area (Å²) in [5.41, 5.74) is 0. The van der Waals surface area contributed by atoms with E-state index in [1.807, 2.05) is 0 Å². The molecule has 5 N–H and O–H groups in total. The summed E-state index contributed by atoms with van der Waals surface area (Å²) in [4.78, 5) is 0. The van der Waals surface area contributed by atoms with Gasteiger partial charge in [-0.1, -0.05) is 0 Å². The van der Waals surface area contributed by atoms with E-state index in [2.05, 4.69) is 5.32 Å². The van der Waals surface area contributed by atoms with Gasteiger partial charge in [0.05, 0.1) is 31.0 Å². The molecule has 0 aromatic carbocycles. The van der Waals surface area contributed by atoms with Crippen molar-refractivity contribution in [1.29, 1.82) is 0 Å². The minimum absolute atomic E-state index is 0. The van der Waals surface area contributed by atoms with Crippen molar-refractivity contribution in [1.82, 2.24) is 5.32 Å². The Labute approximate surface area is 76.4 Å². The van der Waals surface area contributed by atoms with Crippen LogP contribution in [-0.4, -0.2) is 57.9 Å². The van der Waals surface area contributed by atoms with Gasteiger partial charge < -0.3 is 25.7 Å². The Balaban J connectivity index is 0.00000121. The zero-order valence-corrected chi connectivity index (χ0v) is 7.24. The van der Waals surface area contributed by atoms with Gasteiger partial charge in [-0.2, -0.15) is 0 Å². The topological polar surface area (TPSA) is 93.0 Å². The van der Waals surface area contributed by atoms with Gasteiger partial charge in [0.25, 0.3) is 0 Å². The van der Waals surface area contributed by atoms with Gasteiger partial charge in [-0.05, 0) is 0 Å². The molecule has 0 aromatic rings. The van der Waals surface area contributed by atoms with Crippen molar-refractivity contribution in [2.24, 2.45) is 0 Å². The molecule has 1 heterocycles. The third-order valence-electron chi connectivity index (χ3n) is 1.93. The standard InChI is InChI=1S/C6H13NO4.ClH/c8-2-4(10)5-6(11)3(9)1-7-5;/h3-11H,1-2H2;1H/t3-,4+,5+,6-;/m1./s1. The lowest BCUT2D eigenvalue weighted by Gasteiger charge is -2.19. The molecular weight excluding hydrogens is 186 g/mol. The monoisotopic (exact) mass is 199 g/mol. The maximum atomic E-state index is 9.18. The highest BCUT2D eigenvalue weighted by Gasteiger charge is 2.36. The smallest absolute Gasteiger partial charge is 0.0990 e. The van der Waals surface area contributed by atoms with Crippen LogP contribution in [0.5, 0.6) is 0 Å². The summed E-state index contributed by atoms with van der Waals surface area (Å²) >= 11 is 0. The van der Waals surface area contributed by atoms with Crippen LogP contribution < -0.4 is 5.32 Å². The van der Waals surface area contributed by atoms with Gasteiger partial charge in [-0.15, -0.1) is 12.4 Å². The summed E-state index contributed by atoms with van der Waals surface area (Å²) in [6, 6.07) is -0.616. The molecule has 0 aliphatic carbocycles. The Morgan fingerprint density at radius 2 is 2.00 bits per heavy atom. The molecule has 0 unspecified atom stereocenters. The van der Waals surface area contributed by atoms with Crippen LogP contribution in [0.15, 0.2) is 0 Å². The van der Waals surface area contributed by atoms with Crippen molar-refractivity contribution in [3.05, 3.63) is 0 Å². The Bertz CT molecular complexity index is 137. The maximum absolute atomic E-state index is 9.18. The average Bonchev–Trinajstić information content (AvgIpc) is 2.32. The number of rotatable bonds is 2. The lowest BCUT2D eigenvalue weighted by molar-refractivity contribution is -0.00977. The molecule has 4 atom stereocenters. The lowest BCUT2D eigenvalue weighted by atomic mass is 10.1. The third kappa shape index (κ3) is 2.29. The summed E-state index contributed by atoms with van der Waals surface area (Å²) < 4.78 is 0. The molecule has 74 valence electrons. The van der Waals surface area contributed by atoms with Crippen molar-refractivity contribution < 1.29 is 20.4 Å². The molecule has 6 heteroatoms. The van der Waals surface area contributed by atoms with Crippen LogP contribution in [0.2, 0.25) is 0 Å². The van der Waals surface area contributed by atoms with Crippen LogP contribution in [0, 0.1) is 0 Å². The van der Waals surface area contributed by atoms with Gasteiger partial charge in [-0.3, -0.25) is 0 Å². The predicted octanol–water partition coefficient (Wildman–Crippen LogP) is -2.54. The van der Waals surface area contributed by atoms with Gasteiger partial charge in [0.1, 0.15) is 0 Å². The van der Waals surface area contributed by atoms with E-state index < -0.39 is 31.0 Å². The number of hydrogen-bond donors (Lipinski definition) is 5. The number of nitrogens with one attached hydrogen (secondary N) is 1. The minimum Gasteiger partial charge on any atom is -0.394 e. The first kappa shape index (κ1) is 12.1. The van der Waals surface area contributed by atoms with Crippen LogP contribution >= 0.6 is 12.4 Å². The average molecular weight is 200 g/mol. The second-order valence-electron chi connectivity index (χ2n) is 2.74. The molecule has 5 nitrogen and oxygen atoms in total. The minimum atomic E-state index is -1.01. The van der Waals surface area contributed by atoms with E-state index >= 15 is 0 Å². The highest BCUT2D eigenvalue weighted by Crippen LogP contribution is 2.10. The molecule has 1 aliphatic rings. The normalized spacial score (nSPS) is 37.5. The van der Waals surface area contributed by atoms with Crippen LogP contribution in [0.25, 0.3) is 0 Å². The Morgan fingerprint density at radius 3 is 2.33 bits per heavy atom. The summed E-state index contributed by atoms with van der Waals surface area (Å²) in [7, 11) is 0. The van der Waals surface area contributed by atoms with E-state index in [1.165, 1.54) is 0 Å². The van der Waals surface area contributed by atoms with Crippen LogP contribution in [0.4, 0.5) is 0 Å². The molecule has 0 radical (unpaired) electrons. The molecule has 1 rings (SSSR count). The van der Waals surface area contributed by atoms with E-state index in [4.69, 9.17) is 15.3 Å². The predicted molar refractivity (Wildman–Crippen MR) is 44.1 cm³/mol. The lowest BCUT2D eigenvalue weighted by Crippen LogP contribution is -2.44. The zero-order valence-electron chi connectivity index (χ0n) is 6.42. The Morgan fingerprint density at radius 1 is 1.42 bits per heavy atom. The summed E-state index contributed by atoms with van der Waals surface area (Å²) in [6.07, 6.45) is -2.85. The van der Waals surface area contributed by atoms with Gasteiger partial charge in [-0.25, -0.2) is 0 Å². The molecule has 12 heavy (non-hydrogen) atoms. The van der Waals surface area contributed by atoms with Crippen LogP contribution in [-0.2, 0) is 0 Å². The molecule has 1 fully saturated rings. The van der Waals surface area contributed by atoms with Crippen molar-refractivity contribution >= 4 is 12.4 Å². The second kappa shape index (κ2) is 4.96. The van der Waals surface area contributed by atoms with Crippen LogP contribution in [0.3, 0.4) is 0 Å². The maximum Gasteiger partial charge on any atom is 0.0990 e.